The van der Waals surface area contributed by atoms with Crippen molar-refractivity contribution in [3.05, 3.63) is 44.8 Å². The Bertz CT molecular complexity index is 606. The van der Waals surface area contributed by atoms with Gasteiger partial charge in [0, 0.05) is 11.1 Å². The Balaban J connectivity index is 1.85. The average molecular weight is 332 g/mol. The fourth-order valence-electron chi connectivity index (χ4n) is 1.44. The molecule has 2 aromatic heterocycles. The lowest BCUT2D eigenvalue weighted by molar-refractivity contribution is 0.178. The van der Waals surface area contributed by atoms with E-state index in [9.17, 15) is 9.90 Å². The van der Waals surface area contributed by atoms with E-state index >= 15 is 0 Å². The van der Waals surface area contributed by atoms with Crippen LogP contribution in [0.2, 0.25) is 9.49 Å². The molecule has 20 heavy (non-hydrogen) atoms. The Morgan fingerprint density at radius 1 is 1.40 bits per heavy atom. The number of thiophene rings is 1. The lowest BCUT2D eigenvalue weighted by Gasteiger charge is -2.11. The highest BCUT2D eigenvalue weighted by Crippen LogP contribution is 2.26. The highest BCUT2D eigenvalue weighted by molar-refractivity contribution is 7.16. The fraction of sp³-hybridized carbons (Fsp3) is 0.167. The Labute approximate surface area is 129 Å². The van der Waals surface area contributed by atoms with Gasteiger partial charge in [0.1, 0.15) is 6.10 Å². The van der Waals surface area contributed by atoms with Crippen LogP contribution >= 0.6 is 34.5 Å². The molecular formula is C12H11Cl2N3O2S. The van der Waals surface area contributed by atoms with E-state index in [1.807, 2.05) is 0 Å². The number of hydrogen-bond acceptors (Lipinski definition) is 4. The number of amides is 2. The van der Waals surface area contributed by atoms with E-state index in [1.165, 1.54) is 17.5 Å². The van der Waals surface area contributed by atoms with E-state index < -0.39 is 12.1 Å². The zero-order chi connectivity index (χ0) is 14.5. The second-order valence-electron chi connectivity index (χ2n) is 3.83. The number of nitrogens with zero attached hydrogens (tertiary/aromatic N) is 1. The molecule has 0 fully saturated rings. The van der Waals surface area contributed by atoms with Gasteiger partial charge in [-0.2, -0.15) is 0 Å². The van der Waals surface area contributed by atoms with Gasteiger partial charge >= 0.3 is 6.03 Å². The molecule has 2 rings (SSSR count). The normalized spacial score (nSPS) is 11.9. The van der Waals surface area contributed by atoms with Crippen molar-refractivity contribution in [2.45, 2.75) is 6.10 Å². The molecule has 0 aliphatic heterocycles. The molecule has 0 saturated carbocycles. The maximum absolute atomic E-state index is 11.7. The van der Waals surface area contributed by atoms with Crippen LogP contribution in [0.25, 0.3) is 0 Å². The van der Waals surface area contributed by atoms with E-state index in [4.69, 9.17) is 23.2 Å². The second-order valence-corrected chi connectivity index (χ2v) is 5.94. The number of anilines is 1. The van der Waals surface area contributed by atoms with Crippen molar-refractivity contribution >= 4 is 46.3 Å². The summed E-state index contributed by atoms with van der Waals surface area (Å²) in [6, 6.07) is 6.23. The minimum absolute atomic E-state index is 0.0700. The predicted octanol–water partition coefficient (Wildman–Crippen LogP) is 3.31. The summed E-state index contributed by atoms with van der Waals surface area (Å²) in [5.74, 6) is 0. The third kappa shape index (κ3) is 4.08. The van der Waals surface area contributed by atoms with Crippen LogP contribution in [0.4, 0.5) is 10.5 Å². The van der Waals surface area contributed by atoms with E-state index in [-0.39, 0.29) is 11.7 Å². The molecule has 0 aliphatic rings. The van der Waals surface area contributed by atoms with Crippen LogP contribution in [-0.2, 0) is 0 Å². The lowest BCUT2D eigenvalue weighted by Crippen LogP contribution is -2.32. The quantitative estimate of drug-likeness (QED) is 0.752. The van der Waals surface area contributed by atoms with Crippen LogP contribution in [0.3, 0.4) is 0 Å². The van der Waals surface area contributed by atoms with Gasteiger partial charge in [-0.05, 0) is 24.3 Å². The third-order valence-electron chi connectivity index (χ3n) is 2.39. The first-order valence-electron chi connectivity index (χ1n) is 5.65. The SMILES string of the molecule is O=C(NC[C@@H](O)c1ccc(Cl)s1)Nc1cccnc1Cl. The fourth-order valence-corrected chi connectivity index (χ4v) is 2.66. The lowest BCUT2D eigenvalue weighted by atomic mass is 10.3. The van der Waals surface area contributed by atoms with Crippen LogP contribution in [0, 0.1) is 0 Å². The van der Waals surface area contributed by atoms with Gasteiger partial charge in [-0.1, -0.05) is 23.2 Å². The molecular weight excluding hydrogens is 321 g/mol. The topological polar surface area (TPSA) is 74.2 Å². The first kappa shape index (κ1) is 15.1. The molecule has 106 valence electrons. The van der Waals surface area contributed by atoms with Crippen molar-refractivity contribution in [1.29, 1.82) is 0 Å². The van der Waals surface area contributed by atoms with Gasteiger partial charge in [-0.25, -0.2) is 9.78 Å². The summed E-state index contributed by atoms with van der Waals surface area (Å²) in [6.07, 6.45) is 0.720. The number of pyridine rings is 1. The van der Waals surface area contributed by atoms with Gasteiger partial charge < -0.3 is 15.7 Å². The smallest absolute Gasteiger partial charge is 0.319 e. The van der Waals surface area contributed by atoms with Crippen molar-refractivity contribution in [1.82, 2.24) is 10.3 Å². The Hall–Kier alpha value is -1.34. The molecule has 0 aromatic carbocycles. The maximum Gasteiger partial charge on any atom is 0.319 e. The molecule has 0 spiro atoms. The molecule has 3 N–H and O–H groups in total. The van der Waals surface area contributed by atoms with Gasteiger partial charge in [0.15, 0.2) is 5.15 Å². The van der Waals surface area contributed by atoms with Gasteiger partial charge in [0.05, 0.1) is 16.6 Å². The van der Waals surface area contributed by atoms with E-state index in [1.54, 1.807) is 24.3 Å². The van der Waals surface area contributed by atoms with Crippen LogP contribution < -0.4 is 10.6 Å². The zero-order valence-electron chi connectivity index (χ0n) is 10.1. The minimum atomic E-state index is -0.803. The molecule has 0 aliphatic carbocycles. The van der Waals surface area contributed by atoms with Crippen molar-refractivity contribution in [2.75, 3.05) is 11.9 Å². The number of carbonyl (C=O) groups is 1. The summed E-state index contributed by atoms with van der Waals surface area (Å²) in [5.41, 5.74) is 0.403. The molecule has 8 heteroatoms. The highest BCUT2D eigenvalue weighted by Gasteiger charge is 2.12. The van der Waals surface area contributed by atoms with Crippen molar-refractivity contribution < 1.29 is 9.90 Å². The van der Waals surface area contributed by atoms with Crippen LogP contribution in [0.5, 0.6) is 0 Å². The zero-order valence-corrected chi connectivity index (χ0v) is 12.5. The number of rotatable bonds is 4. The largest absolute Gasteiger partial charge is 0.386 e. The van der Waals surface area contributed by atoms with E-state index in [2.05, 4.69) is 15.6 Å². The minimum Gasteiger partial charge on any atom is -0.386 e. The van der Waals surface area contributed by atoms with E-state index in [0.29, 0.717) is 14.9 Å². The molecule has 0 radical (unpaired) electrons. The number of urea groups is 1. The molecule has 0 unspecified atom stereocenters. The maximum atomic E-state index is 11.7. The standard InChI is InChI=1S/C12H11Cl2N3O2S/c13-10-4-3-9(20-10)8(18)6-16-12(19)17-7-2-1-5-15-11(7)14/h1-5,8,18H,6H2,(H2,16,17,19)/t8-/m1/s1. The summed E-state index contributed by atoms with van der Waals surface area (Å²) >= 11 is 12.9. The molecule has 2 aromatic rings. The first-order chi connectivity index (χ1) is 9.56. The van der Waals surface area contributed by atoms with Crippen molar-refractivity contribution in [3.8, 4) is 0 Å². The third-order valence-corrected chi connectivity index (χ3v) is 4.02. The van der Waals surface area contributed by atoms with Crippen molar-refractivity contribution in [3.63, 3.8) is 0 Å². The molecule has 1 atom stereocenters. The number of aliphatic hydroxyl groups excluding tert-OH is 1. The Morgan fingerprint density at radius 3 is 2.85 bits per heavy atom. The summed E-state index contributed by atoms with van der Waals surface area (Å²) in [5, 5.41) is 15.2. The number of nitrogens with one attached hydrogen (secondary N) is 2. The predicted molar refractivity (Wildman–Crippen MR) is 80.6 cm³/mol. The van der Waals surface area contributed by atoms with Gasteiger partial charge in [-0.3, -0.25) is 0 Å². The van der Waals surface area contributed by atoms with Gasteiger partial charge in [-0.15, -0.1) is 11.3 Å². The second kappa shape index (κ2) is 6.90. The number of aliphatic hydroxyl groups is 1. The first-order valence-corrected chi connectivity index (χ1v) is 7.22. The van der Waals surface area contributed by atoms with Gasteiger partial charge in [0.25, 0.3) is 0 Å². The summed E-state index contributed by atoms with van der Waals surface area (Å²) in [7, 11) is 0. The van der Waals surface area contributed by atoms with E-state index in [0.717, 1.165) is 0 Å². The average Bonchev–Trinajstić information content (AvgIpc) is 2.85. The number of aromatic nitrogens is 1. The number of halogens is 2. The Kier molecular flexibility index (Phi) is 5.19. The number of hydrogen-bond donors (Lipinski definition) is 3. The Morgan fingerprint density at radius 2 is 2.20 bits per heavy atom. The summed E-state index contributed by atoms with van der Waals surface area (Å²) < 4.78 is 0.589. The highest BCUT2D eigenvalue weighted by atomic mass is 35.5. The molecule has 2 amide bonds. The van der Waals surface area contributed by atoms with Crippen molar-refractivity contribution in [2.24, 2.45) is 0 Å². The molecule has 2 heterocycles. The van der Waals surface area contributed by atoms with Gasteiger partial charge in [0.2, 0.25) is 0 Å². The molecule has 0 bridgehead atoms. The van der Waals surface area contributed by atoms with Crippen LogP contribution in [0.15, 0.2) is 30.5 Å². The number of carbonyl (C=O) groups excluding carboxylic acids is 1. The van der Waals surface area contributed by atoms with Crippen LogP contribution in [0.1, 0.15) is 11.0 Å². The molecule has 5 nitrogen and oxygen atoms in total. The van der Waals surface area contributed by atoms with Crippen LogP contribution in [-0.4, -0.2) is 22.7 Å². The monoisotopic (exact) mass is 331 g/mol. The summed E-state index contributed by atoms with van der Waals surface area (Å²) in [4.78, 5) is 16.2. The summed E-state index contributed by atoms with van der Waals surface area (Å²) in [6.45, 7) is 0.0700. The molecule has 0 saturated heterocycles.